The van der Waals surface area contributed by atoms with E-state index in [-0.39, 0.29) is 28.9 Å². The van der Waals surface area contributed by atoms with Crippen molar-refractivity contribution in [2.24, 2.45) is 5.41 Å². The number of aromatic nitrogens is 4. The van der Waals surface area contributed by atoms with Crippen molar-refractivity contribution in [1.82, 2.24) is 24.9 Å². The number of fused-ring (bicyclic) bond motifs is 1. The number of rotatable bonds is 5. The molecule has 1 saturated carbocycles. The SMILES string of the molecule is COc1cc2ncc(-c3nc(NC4CCCNC4)c(F)cc3F)n2nc1C1CC(C)(C)C1. The van der Waals surface area contributed by atoms with E-state index in [1.54, 1.807) is 11.6 Å². The highest BCUT2D eigenvalue weighted by atomic mass is 19.1. The smallest absolute Gasteiger partial charge is 0.168 e. The molecule has 3 aromatic rings. The normalized spacial score (nSPS) is 20.8. The lowest BCUT2D eigenvalue weighted by Gasteiger charge is -2.42. The Labute approximate surface area is 185 Å². The maximum atomic E-state index is 14.8. The molecule has 7 nitrogen and oxygen atoms in total. The molecule has 5 rings (SSSR count). The zero-order chi connectivity index (χ0) is 22.5. The first-order valence-electron chi connectivity index (χ1n) is 11.1. The second kappa shape index (κ2) is 7.95. The summed E-state index contributed by atoms with van der Waals surface area (Å²) < 4.78 is 36.5. The van der Waals surface area contributed by atoms with Gasteiger partial charge < -0.3 is 15.4 Å². The van der Waals surface area contributed by atoms with Crippen molar-refractivity contribution in [3.63, 3.8) is 0 Å². The first-order chi connectivity index (χ1) is 15.3. The molecule has 0 amide bonds. The minimum Gasteiger partial charge on any atom is -0.495 e. The Morgan fingerprint density at radius 3 is 2.72 bits per heavy atom. The van der Waals surface area contributed by atoms with Crippen LogP contribution in [0.2, 0.25) is 0 Å². The summed E-state index contributed by atoms with van der Waals surface area (Å²) in [6.45, 7) is 6.11. The molecule has 4 heterocycles. The Morgan fingerprint density at radius 2 is 2.03 bits per heavy atom. The van der Waals surface area contributed by atoms with E-state index in [0.717, 1.165) is 44.0 Å². The van der Waals surface area contributed by atoms with Crippen molar-refractivity contribution >= 4 is 11.5 Å². The molecule has 3 aromatic heterocycles. The Balaban J connectivity index is 1.54. The molecule has 2 N–H and O–H groups in total. The van der Waals surface area contributed by atoms with Crippen LogP contribution >= 0.6 is 0 Å². The fraction of sp³-hybridized carbons (Fsp3) is 0.522. The molecular formula is C23H28F2N6O. The molecule has 1 atom stereocenters. The lowest BCUT2D eigenvalue weighted by Crippen LogP contribution is -2.38. The van der Waals surface area contributed by atoms with Gasteiger partial charge in [-0.3, -0.25) is 0 Å². The Kier molecular flexibility index (Phi) is 5.23. The van der Waals surface area contributed by atoms with Crippen LogP contribution in [0.4, 0.5) is 14.6 Å². The van der Waals surface area contributed by atoms with Gasteiger partial charge in [0.1, 0.15) is 22.8 Å². The van der Waals surface area contributed by atoms with Crippen LogP contribution in [0.25, 0.3) is 17.0 Å². The van der Waals surface area contributed by atoms with Gasteiger partial charge in [0.2, 0.25) is 0 Å². The van der Waals surface area contributed by atoms with Crippen LogP contribution in [-0.4, -0.2) is 45.8 Å². The van der Waals surface area contributed by atoms with Crippen molar-refractivity contribution in [3.05, 3.63) is 35.7 Å². The number of hydrogen-bond acceptors (Lipinski definition) is 6. The van der Waals surface area contributed by atoms with Gasteiger partial charge in [-0.25, -0.2) is 23.3 Å². The largest absolute Gasteiger partial charge is 0.495 e. The number of pyridine rings is 1. The van der Waals surface area contributed by atoms with E-state index in [1.807, 2.05) is 6.07 Å². The van der Waals surface area contributed by atoms with Gasteiger partial charge in [-0.2, -0.15) is 5.10 Å². The molecule has 0 aromatic carbocycles. The maximum Gasteiger partial charge on any atom is 0.168 e. The number of imidazole rings is 1. The predicted molar refractivity (Wildman–Crippen MR) is 118 cm³/mol. The number of nitrogens with one attached hydrogen (secondary N) is 2. The van der Waals surface area contributed by atoms with Gasteiger partial charge in [0.05, 0.1) is 13.3 Å². The fourth-order valence-electron chi connectivity index (χ4n) is 4.90. The highest BCUT2D eigenvalue weighted by Crippen LogP contribution is 2.51. The van der Waals surface area contributed by atoms with Crippen LogP contribution < -0.4 is 15.4 Å². The van der Waals surface area contributed by atoms with E-state index in [9.17, 15) is 8.78 Å². The predicted octanol–water partition coefficient (Wildman–Crippen LogP) is 4.15. The van der Waals surface area contributed by atoms with Crippen LogP contribution in [0, 0.1) is 17.0 Å². The summed E-state index contributed by atoms with van der Waals surface area (Å²) >= 11 is 0. The molecule has 0 radical (unpaired) electrons. The molecule has 2 aliphatic rings. The molecule has 0 bridgehead atoms. The quantitative estimate of drug-likeness (QED) is 0.618. The summed E-state index contributed by atoms with van der Waals surface area (Å²) in [6, 6.07) is 2.73. The van der Waals surface area contributed by atoms with Crippen molar-refractivity contribution in [2.45, 2.75) is 51.5 Å². The van der Waals surface area contributed by atoms with Crippen molar-refractivity contribution < 1.29 is 13.5 Å². The topological polar surface area (TPSA) is 76.4 Å². The number of nitrogens with zero attached hydrogens (tertiary/aromatic N) is 4. The summed E-state index contributed by atoms with van der Waals surface area (Å²) in [5.41, 5.74) is 2.01. The summed E-state index contributed by atoms with van der Waals surface area (Å²) in [6.07, 6.45) is 5.41. The monoisotopic (exact) mass is 442 g/mol. The zero-order valence-corrected chi connectivity index (χ0v) is 18.6. The Bertz CT molecular complexity index is 1150. The number of hydrogen-bond donors (Lipinski definition) is 2. The summed E-state index contributed by atoms with van der Waals surface area (Å²) in [4.78, 5) is 8.69. The summed E-state index contributed by atoms with van der Waals surface area (Å²) in [5.74, 6) is -0.478. The number of methoxy groups -OCH3 is 1. The number of ether oxygens (including phenoxy) is 1. The number of halogens is 2. The van der Waals surface area contributed by atoms with Gasteiger partial charge in [-0.05, 0) is 37.6 Å². The second-order valence-electron chi connectivity index (χ2n) is 9.62. The molecular weight excluding hydrogens is 414 g/mol. The van der Waals surface area contributed by atoms with Crippen molar-refractivity contribution in [3.8, 4) is 17.1 Å². The van der Waals surface area contributed by atoms with E-state index in [2.05, 4.69) is 34.4 Å². The molecule has 9 heteroatoms. The molecule has 0 spiro atoms. The van der Waals surface area contributed by atoms with Crippen LogP contribution in [0.1, 0.15) is 51.1 Å². The van der Waals surface area contributed by atoms with Crippen LogP contribution in [-0.2, 0) is 0 Å². The first kappa shape index (κ1) is 21.1. The average Bonchev–Trinajstić information content (AvgIpc) is 3.16. The summed E-state index contributed by atoms with van der Waals surface area (Å²) in [5, 5.41) is 11.2. The van der Waals surface area contributed by atoms with Gasteiger partial charge >= 0.3 is 0 Å². The average molecular weight is 443 g/mol. The van der Waals surface area contributed by atoms with Gasteiger partial charge in [0.15, 0.2) is 23.1 Å². The number of piperidine rings is 1. The lowest BCUT2D eigenvalue weighted by molar-refractivity contribution is 0.145. The van der Waals surface area contributed by atoms with Gasteiger partial charge in [-0.15, -0.1) is 0 Å². The minimum absolute atomic E-state index is 0.0164. The molecule has 1 saturated heterocycles. The lowest BCUT2D eigenvalue weighted by atomic mass is 9.63. The van der Waals surface area contributed by atoms with Crippen molar-refractivity contribution in [2.75, 3.05) is 25.5 Å². The summed E-state index contributed by atoms with van der Waals surface area (Å²) in [7, 11) is 1.62. The molecule has 2 fully saturated rings. The van der Waals surface area contributed by atoms with Gasteiger partial charge in [0, 0.05) is 30.6 Å². The molecule has 1 unspecified atom stereocenters. The highest BCUT2D eigenvalue weighted by molar-refractivity contribution is 5.63. The molecule has 32 heavy (non-hydrogen) atoms. The third-order valence-electron chi connectivity index (χ3n) is 6.50. The number of anilines is 1. The standard InChI is InChI=1S/C23H28F2N6O/c1-23(2)9-13(10-23)20-18(32-3)8-19-27-12-17(31(19)30-20)21-15(24)7-16(25)22(29-21)28-14-5-4-6-26-11-14/h7-8,12-14,26H,4-6,9-11H2,1-3H3,(H,28,29). The molecule has 1 aliphatic heterocycles. The molecule has 170 valence electrons. The molecule has 1 aliphatic carbocycles. The van der Waals surface area contributed by atoms with Crippen molar-refractivity contribution in [1.29, 1.82) is 0 Å². The minimum atomic E-state index is -0.749. The third kappa shape index (κ3) is 3.79. The van der Waals surface area contributed by atoms with E-state index < -0.39 is 11.6 Å². The highest BCUT2D eigenvalue weighted by Gasteiger charge is 2.39. The van der Waals surface area contributed by atoms with E-state index in [1.165, 1.54) is 6.20 Å². The van der Waals surface area contributed by atoms with Gasteiger partial charge in [0.25, 0.3) is 0 Å². The zero-order valence-electron chi connectivity index (χ0n) is 18.6. The van der Waals surface area contributed by atoms with Crippen LogP contribution in [0.5, 0.6) is 5.75 Å². The van der Waals surface area contributed by atoms with E-state index in [0.29, 0.717) is 23.6 Å². The first-order valence-corrected chi connectivity index (χ1v) is 11.1. The third-order valence-corrected chi connectivity index (χ3v) is 6.50. The Hall–Kier alpha value is -2.81. The van der Waals surface area contributed by atoms with E-state index in [4.69, 9.17) is 9.84 Å². The maximum absolute atomic E-state index is 14.8. The van der Waals surface area contributed by atoms with E-state index >= 15 is 0 Å². The second-order valence-corrected chi connectivity index (χ2v) is 9.62. The fourth-order valence-corrected chi connectivity index (χ4v) is 4.90. The van der Waals surface area contributed by atoms with Gasteiger partial charge in [-0.1, -0.05) is 13.8 Å². The Morgan fingerprint density at radius 1 is 1.22 bits per heavy atom. The van der Waals surface area contributed by atoms with Crippen LogP contribution in [0.15, 0.2) is 18.3 Å². The van der Waals surface area contributed by atoms with Crippen LogP contribution in [0.3, 0.4) is 0 Å².